The molecule has 1 aliphatic rings. The van der Waals surface area contributed by atoms with Gasteiger partial charge in [-0.25, -0.2) is 13.6 Å². The van der Waals surface area contributed by atoms with E-state index in [0.29, 0.717) is 12.3 Å². The molecule has 1 atom stereocenters. The van der Waals surface area contributed by atoms with Crippen molar-refractivity contribution in [3.05, 3.63) is 35.4 Å². The number of carbonyl (C=O) groups is 2. The molecule has 4 nitrogen and oxygen atoms in total. The summed E-state index contributed by atoms with van der Waals surface area (Å²) in [7, 11) is 1.26. The van der Waals surface area contributed by atoms with Gasteiger partial charge in [0.05, 0.1) is 13.5 Å². The highest BCUT2D eigenvalue weighted by Crippen LogP contribution is 2.33. The summed E-state index contributed by atoms with van der Waals surface area (Å²) in [5, 5.41) is 2.56. The van der Waals surface area contributed by atoms with Gasteiger partial charge in [0.25, 0.3) is 0 Å². The zero-order valence-electron chi connectivity index (χ0n) is 11.7. The van der Waals surface area contributed by atoms with E-state index in [-0.39, 0.29) is 12.0 Å². The Kier molecular flexibility index (Phi) is 4.88. The maximum absolute atomic E-state index is 13.5. The summed E-state index contributed by atoms with van der Waals surface area (Å²) in [4.78, 5) is 23.5. The molecule has 1 aliphatic carbocycles. The van der Waals surface area contributed by atoms with Crippen molar-refractivity contribution in [1.82, 2.24) is 5.32 Å². The largest absolute Gasteiger partial charge is 0.467 e. The first-order valence-electron chi connectivity index (χ1n) is 6.80. The highest BCUT2D eigenvalue weighted by atomic mass is 19.1. The fourth-order valence-electron chi connectivity index (χ4n) is 2.13. The Labute approximate surface area is 121 Å². The van der Waals surface area contributed by atoms with Crippen molar-refractivity contribution in [3.8, 4) is 0 Å². The smallest absolute Gasteiger partial charge is 0.328 e. The number of hydrogen-bond donors (Lipinski definition) is 1. The van der Waals surface area contributed by atoms with E-state index in [4.69, 9.17) is 0 Å². The lowest BCUT2D eigenvalue weighted by Gasteiger charge is -2.16. The Balaban J connectivity index is 1.96. The molecule has 0 aromatic heterocycles. The number of methoxy groups -OCH3 is 1. The second-order valence-corrected chi connectivity index (χ2v) is 5.23. The van der Waals surface area contributed by atoms with Crippen LogP contribution in [0.4, 0.5) is 8.78 Å². The number of ether oxygens (including phenoxy) is 1. The molecule has 0 saturated heterocycles. The average molecular weight is 297 g/mol. The van der Waals surface area contributed by atoms with Crippen LogP contribution in [0.5, 0.6) is 0 Å². The van der Waals surface area contributed by atoms with E-state index in [1.54, 1.807) is 0 Å². The number of hydrogen-bond acceptors (Lipinski definition) is 3. The maximum atomic E-state index is 13.5. The van der Waals surface area contributed by atoms with Crippen LogP contribution in [-0.4, -0.2) is 25.0 Å². The number of nitrogens with one attached hydrogen (secondary N) is 1. The molecule has 0 bridgehead atoms. The van der Waals surface area contributed by atoms with Crippen LogP contribution in [0, 0.1) is 17.6 Å². The topological polar surface area (TPSA) is 55.4 Å². The van der Waals surface area contributed by atoms with Crippen LogP contribution in [0.15, 0.2) is 18.2 Å². The van der Waals surface area contributed by atoms with Crippen molar-refractivity contribution in [1.29, 1.82) is 0 Å². The van der Waals surface area contributed by atoms with Crippen LogP contribution in [0.25, 0.3) is 0 Å². The fraction of sp³-hybridized carbons (Fsp3) is 0.467. The first-order chi connectivity index (χ1) is 9.99. The van der Waals surface area contributed by atoms with Crippen molar-refractivity contribution in [2.45, 2.75) is 31.7 Å². The highest BCUT2D eigenvalue weighted by Gasteiger charge is 2.31. The molecular formula is C15H17F2NO3. The molecule has 1 aromatic carbocycles. The quantitative estimate of drug-likeness (QED) is 0.817. The van der Waals surface area contributed by atoms with Crippen LogP contribution in [0.3, 0.4) is 0 Å². The molecular weight excluding hydrogens is 280 g/mol. The van der Waals surface area contributed by atoms with Gasteiger partial charge in [-0.05, 0) is 24.0 Å². The van der Waals surface area contributed by atoms with E-state index in [9.17, 15) is 18.4 Å². The van der Waals surface area contributed by atoms with Crippen LogP contribution < -0.4 is 5.32 Å². The van der Waals surface area contributed by atoms with Gasteiger partial charge in [-0.3, -0.25) is 4.79 Å². The van der Waals surface area contributed by atoms with Gasteiger partial charge in [0.15, 0.2) is 0 Å². The molecule has 1 saturated carbocycles. The van der Waals surface area contributed by atoms with E-state index in [1.807, 2.05) is 0 Å². The molecule has 0 heterocycles. The highest BCUT2D eigenvalue weighted by molar-refractivity contribution is 5.85. The monoisotopic (exact) mass is 297 g/mol. The van der Waals surface area contributed by atoms with Crippen LogP contribution in [-0.2, 0) is 20.7 Å². The van der Waals surface area contributed by atoms with Gasteiger partial charge in [-0.1, -0.05) is 18.9 Å². The Bertz CT molecular complexity index is 544. The third-order valence-corrected chi connectivity index (χ3v) is 3.45. The van der Waals surface area contributed by atoms with Crippen molar-refractivity contribution >= 4 is 11.9 Å². The van der Waals surface area contributed by atoms with E-state index < -0.39 is 29.6 Å². The third kappa shape index (κ3) is 4.51. The minimum absolute atomic E-state index is 0.0870. The third-order valence-electron chi connectivity index (χ3n) is 3.45. The Morgan fingerprint density at radius 1 is 1.38 bits per heavy atom. The van der Waals surface area contributed by atoms with E-state index >= 15 is 0 Å². The number of halogens is 2. The zero-order valence-corrected chi connectivity index (χ0v) is 11.7. The molecule has 6 heteroatoms. The Morgan fingerprint density at radius 3 is 2.67 bits per heavy atom. The Morgan fingerprint density at radius 2 is 2.10 bits per heavy atom. The average Bonchev–Trinajstić information content (AvgIpc) is 3.24. The van der Waals surface area contributed by atoms with Gasteiger partial charge in [0, 0.05) is 6.07 Å². The van der Waals surface area contributed by atoms with Crippen LogP contribution in [0.2, 0.25) is 0 Å². The summed E-state index contributed by atoms with van der Waals surface area (Å²) in [5.74, 6) is -2.04. The first kappa shape index (κ1) is 15.4. The number of rotatable bonds is 6. The van der Waals surface area contributed by atoms with Gasteiger partial charge < -0.3 is 10.1 Å². The number of amides is 1. The summed E-state index contributed by atoms with van der Waals surface area (Å²) in [5.41, 5.74) is 0.0870. The summed E-state index contributed by atoms with van der Waals surface area (Å²) >= 11 is 0. The standard InChI is InChI=1S/C15H17F2NO3/c1-21-15(20)13(6-9-2-3-9)18-14(19)7-10-4-5-11(16)8-12(10)17/h4-5,8-9,13H,2-3,6-7H2,1H3,(H,18,19)/t13-/m0/s1. The fourth-order valence-corrected chi connectivity index (χ4v) is 2.13. The molecule has 1 aromatic rings. The molecule has 114 valence electrons. The van der Waals surface area contributed by atoms with Crippen LogP contribution in [0.1, 0.15) is 24.8 Å². The van der Waals surface area contributed by atoms with Crippen molar-refractivity contribution in [2.24, 2.45) is 5.92 Å². The molecule has 0 unspecified atom stereocenters. The number of benzene rings is 1. The van der Waals surface area contributed by atoms with Gasteiger partial charge in [0.2, 0.25) is 5.91 Å². The second kappa shape index (κ2) is 6.65. The maximum Gasteiger partial charge on any atom is 0.328 e. The first-order valence-corrected chi connectivity index (χ1v) is 6.80. The van der Waals surface area contributed by atoms with E-state index in [1.165, 1.54) is 13.2 Å². The lowest BCUT2D eigenvalue weighted by Crippen LogP contribution is -2.42. The predicted octanol–water partition coefficient (Wildman–Crippen LogP) is 1.97. The second-order valence-electron chi connectivity index (χ2n) is 5.23. The van der Waals surface area contributed by atoms with Crippen molar-refractivity contribution in [2.75, 3.05) is 7.11 Å². The van der Waals surface area contributed by atoms with Gasteiger partial charge in [-0.2, -0.15) is 0 Å². The summed E-state index contributed by atoms with van der Waals surface area (Å²) in [6.07, 6.45) is 2.36. The zero-order chi connectivity index (χ0) is 15.4. The SMILES string of the molecule is COC(=O)[C@H](CC1CC1)NC(=O)Cc1ccc(F)cc1F. The van der Waals surface area contributed by atoms with E-state index in [0.717, 1.165) is 25.0 Å². The Hall–Kier alpha value is -1.98. The lowest BCUT2D eigenvalue weighted by molar-refractivity contribution is -0.145. The van der Waals surface area contributed by atoms with Crippen LogP contribution >= 0.6 is 0 Å². The normalized spacial score (nSPS) is 15.4. The van der Waals surface area contributed by atoms with Gasteiger partial charge in [0.1, 0.15) is 17.7 Å². The van der Waals surface area contributed by atoms with Crippen molar-refractivity contribution in [3.63, 3.8) is 0 Å². The molecule has 1 amide bonds. The molecule has 1 N–H and O–H groups in total. The van der Waals surface area contributed by atoms with E-state index in [2.05, 4.69) is 10.1 Å². The number of carbonyl (C=O) groups excluding carboxylic acids is 2. The summed E-state index contributed by atoms with van der Waals surface area (Å²) in [6.45, 7) is 0. The molecule has 0 radical (unpaired) electrons. The molecule has 1 fully saturated rings. The van der Waals surface area contributed by atoms with Gasteiger partial charge in [-0.15, -0.1) is 0 Å². The van der Waals surface area contributed by atoms with Gasteiger partial charge >= 0.3 is 5.97 Å². The lowest BCUT2D eigenvalue weighted by atomic mass is 10.1. The predicted molar refractivity (Wildman–Crippen MR) is 71.3 cm³/mol. The molecule has 0 spiro atoms. The number of esters is 1. The minimum Gasteiger partial charge on any atom is -0.467 e. The summed E-state index contributed by atoms with van der Waals surface area (Å²) < 4.78 is 30.9. The molecule has 0 aliphatic heterocycles. The molecule has 2 rings (SSSR count). The molecule has 21 heavy (non-hydrogen) atoms. The van der Waals surface area contributed by atoms with Crippen molar-refractivity contribution < 1.29 is 23.1 Å². The summed E-state index contributed by atoms with van der Waals surface area (Å²) in [6, 6.07) is 2.33. The minimum atomic E-state index is -0.776.